The number of piperidine rings is 1. The Morgan fingerprint density at radius 3 is 2.28 bits per heavy atom. The maximum Gasteiger partial charge on any atom is 0.171 e. The molecule has 1 unspecified atom stereocenters. The lowest BCUT2D eigenvalue weighted by atomic mass is 9.85. The number of ketones is 1. The van der Waals surface area contributed by atoms with Crippen LogP contribution in [0.1, 0.15) is 40.5 Å². The van der Waals surface area contributed by atoms with Crippen molar-refractivity contribution in [1.29, 1.82) is 0 Å². The molecule has 0 aromatic rings. The van der Waals surface area contributed by atoms with Crippen LogP contribution in [0.15, 0.2) is 0 Å². The van der Waals surface area contributed by atoms with Crippen LogP contribution >= 0.6 is 0 Å². The zero-order chi connectivity index (χ0) is 13.6. The summed E-state index contributed by atoms with van der Waals surface area (Å²) in [6, 6.07) is 0. The second-order valence-corrected chi connectivity index (χ2v) is 6.66. The quantitative estimate of drug-likeness (QED) is 0.806. The molecule has 104 valence electrons. The highest BCUT2D eigenvalue weighted by Crippen LogP contribution is 2.39. The topological polar surface area (TPSA) is 49.8 Å². The van der Waals surface area contributed by atoms with Gasteiger partial charge in [-0.25, -0.2) is 0 Å². The summed E-state index contributed by atoms with van der Waals surface area (Å²) in [5, 5.41) is 9.51. The number of ether oxygens (including phenoxy) is 1. The summed E-state index contributed by atoms with van der Waals surface area (Å²) in [5.74, 6) is 0.140. The molecule has 0 aliphatic carbocycles. The van der Waals surface area contributed by atoms with Crippen LogP contribution in [0.5, 0.6) is 0 Å². The standard InChI is InChI=1S/C14H25NO3/c1-13(2)11(12(17)14(3,4)18-13)9-15-7-5-10(16)6-8-15/h10-11,16H,5-9H2,1-4H3. The summed E-state index contributed by atoms with van der Waals surface area (Å²) in [5.41, 5.74) is -1.06. The van der Waals surface area contributed by atoms with Gasteiger partial charge in [0.05, 0.1) is 17.6 Å². The molecule has 4 heteroatoms. The van der Waals surface area contributed by atoms with Crippen molar-refractivity contribution in [2.75, 3.05) is 19.6 Å². The molecule has 0 saturated carbocycles. The number of hydrogen-bond donors (Lipinski definition) is 1. The normalized spacial score (nSPS) is 32.9. The molecule has 2 saturated heterocycles. The van der Waals surface area contributed by atoms with Crippen molar-refractivity contribution >= 4 is 5.78 Å². The third kappa shape index (κ3) is 2.60. The van der Waals surface area contributed by atoms with Gasteiger partial charge in [0.2, 0.25) is 0 Å². The smallest absolute Gasteiger partial charge is 0.171 e. The zero-order valence-electron chi connectivity index (χ0n) is 11.9. The lowest BCUT2D eigenvalue weighted by molar-refractivity contribution is -0.132. The van der Waals surface area contributed by atoms with Crippen molar-refractivity contribution in [1.82, 2.24) is 4.90 Å². The van der Waals surface area contributed by atoms with Crippen LogP contribution in [0.2, 0.25) is 0 Å². The highest BCUT2D eigenvalue weighted by Gasteiger charge is 2.53. The molecule has 2 heterocycles. The molecule has 0 radical (unpaired) electrons. The largest absolute Gasteiger partial charge is 0.393 e. The lowest BCUT2D eigenvalue weighted by Gasteiger charge is -2.34. The van der Waals surface area contributed by atoms with E-state index < -0.39 is 11.2 Å². The molecular weight excluding hydrogens is 230 g/mol. The summed E-state index contributed by atoms with van der Waals surface area (Å²) in [6.07, 6.45) is 1.46. The molecule has 1 N–H and O–H groups in total. The average molecular weight is 255 g/mol. The number of carbonyl (C=O) groups excluding carboxylic acids is 1. The molecule has 1 atom stereocenters. The number of aliphatic hydroxyl groups excluding tert-OH is 1. The molecule has 2 aliphatic heterocycles. The second-order valence-electron chi connectivity index (χ2n) is 6.66. The molecule has 0 aromatic heterocycles. The van der Waals surface area contributed by atoms with Crippen LogP contribution in [0.4, 0.5) is 0 Å². The van der Waals surface area contributed by atoms with E-state index in [2.05, 4.69) is 4.90 Å². The Morgan fingerprint density at radius 2 is 1.83 bits per heavy atom. The van der Waals surface area contributed by atoms with Crippen molar-refractivity contribution in [2.24, 2.45) is 5.92 Å². The van der Waals surface area contributed by atoms with Crippen LogP contribution in [-0.2, 0) is 9.53 Å². The minimum atomic E-state index is -0.663. The average Bonchev–Trinajstić information content (AvgIpc) is 2.39. The van der Waals surface area contributed by atoms with Crippen molar-refractivity contribution in [3.8, 4) is 0 Å². The van der Waals surface area contributed by atoms with Gasteiger partial charge in [0.25, 0.3) is 0 Å². The Hall–Kier alpha value is -0.450. The Kier molecular flexibility index (Phi) is 3.56. The summed E-state index contributed by atoms with van der Waals surface area (Å²) < 4.78 is 5.90. The van der Waals surface area contributed by atoms with E-state index in [4.69, 9.17) is 4.74 Å². The number of nitrogens with zero attached hydrogens (tertiary/aromatic N) is 1. The number of rotatable bonds is 2. The van der Waals surface area contributed by atoms with E-state index in [0.717, 1.165) is 32.5 Å². The fourth-order valence-corrected chi connectivity index (χ4v) is 3.18. The number of hydrogen-bond acceptors (Lipinski definition) is 4. The molecule has 0 spiro atoms. The summed E-state index contributed by atoms with van der Waals surface area (Å²) in [7, 11) is 0. The lowest BCUT2D eigenvalue weighted by Crippen LogP contribution is -2.44. The highest BCUT2D eigenvalue weighted by molar-refractivity contribution is 5.91. The SMILES string of the molecule is CC1(C)OC(C)(C)C(CN2CCC(O)CC2)C1=O. The summed E-state index contributed by atoms with van der Waals surface area (Å²) in [4.78, 5) is 14.7. The van der Waals surface area contributed by atoms with Crippen LogP contribution in [0, 0.1) is 5.92 Å². The molecule has 2 fully saturated rings. The van der Waals surface area contributed by atoms with Gasteiger partial charge in [-0.1, -0.05) is 0 Å². The first-order chi connectivity index (χ1) is 8.22. The van der Waals surface area contributed by atoms with Gasteiger partial charge in [0.1, 0.15) is 5.60 Å². The van der Waals surface area contributed by atoms with Crippen LogP contribution in [-0.4, -0.2) is 52.7 Å². The van der Waals surface area contributed by atoms with Crippen LogP contribution in [0.25, 0.3) is 0 Å². The van der Waals surface area contributed by atoms with Gasteiger partial charge in [-0.15, -0.1) is 0 Å². The molecular formula is C14H25NO3. The van der Waals surface area contributed by atoms with Gasteiger partial charge in [-0.3, -0.25) is 4.79 Å². The number of likely N-dealkylation sites (tertiary alicyclic amines) is 1. The van der Waals surface area contributed by atoms with Gasteiger partial charge >= 0.3 is 0 Å². The van der Waals surface area contributed by atoms with Crippen molar-refractivity contribution in [3.05, 3.63) is 0 Å². The van der Waals surface area contributed by atoms with Crippen LogP contribution in [0.3, 0.4) is 0 Å². The number of carbonyl (C=O) groups is 1. The van der Waals surface area contributed by atoms with E-state index >= 15 is 0 Å². The Balaban J connectivity index is 2.02. The van der Waals surface area contributed by atoms with E-state index in [1.54, 1.807) is 0 Å². The predicted molar refractivity (Wildman–Crippen MR) is 69.4 cm³/mol. The van der Waals surface area contributed by atoms with E-state index in [-0.39, 0.29) is 17.8 Å². The number of Topliss-reactive ketones (excluding diaryl/α,β-unsaturated/α-hetero) is 1. The van der Waals surface area contributed by atoms with Gasteiger partial charge in [0.15, 0.2) is 5.78 Å². The molecule has 0 aromatic carbocycles. The minimum absolute atomic E-state index is 0.0669. The minimum Gasteiger partial charge on any atom is -0.393 e. The maximum atomic E-state index is 12.4. The Labute approximate surface area is 109 Å². The first-order valence-corrected chi connectivity index (χ1v) is 6.87. The maximum absolute atomic E-state index is 12.4. The predicted octanol–water partition coefficient (Wildman–Crippen LogP) is 1.22. The zero-order valence-corrected chi connectivity index (χ0v) is 11.9. The monoisotopic (exact) mass is 255 g/mol. The summed E-state index contributed by atoms with van der Waals surface area (Å²) >= 11 is 0. The van der Waals surface area contributed by atoms with Gasteiger partial charge in [0, 0.05) is 19.6 Å². The molecule has 2 aliphatic rings. The van der Waals surface area contributed by atoms with Crippen LogP contribution < -0.4 is 0 Å². The van der Waals surface area contributed by atoms with Gasteiger partial charge < -0.3 is 14.7 Å². The first kappa shape index (κ1) is 14.0. The highest BCUT2D eigenvalue weighted by atomic mass is 16.5. The molecule has 4 nitrogen and oxygen atoms in total. The molecule has 18 heavy (non-hydrogen) atoms. The van der Waals surface area contributed by atoms with E-state index in [9.17, 15) is 9.90 Å². The number of aliphatic hydroxyl groups is 1. The molecule has 2 rings (SSSR count). The fraction of sp³-hybridized carbons (Fsp3) is 0.929. The molecule has 0 bridgehead atoms. The second kappa shape index (κ2) is 4.58. The first-order valence-electron chi connectivity index (χ1n) is 6.87. The fourth-order valence-electron chi connectivity index (χ4n) is 3.18. The van der Waals surface area contributed by atoms with E-state index in [1.165, 1.54) is 0 Å². The summed E-state index contributed by atoms with van der Waals surface area (Å²) in [6.45, 7) is 10.2. The van der Waals surface area contributed by atoms with Crippen molar-refractivity contribution in [2.45, 2.75) is 57.8 Å². The van der Waals surface area contributed by atoms with Gasteiger partial charge in [-0.05, 0) is 40.5 Å². The third-order valence-electron chi connectivity index (χ3n) is 4.27. The Morgan fingerprint density at radius 1 is 1.28 bits per heavy atom. The van der Waals surface area contributed by atoms with Crippen molar-refractivity contribution < 1.29 is 14.6 Å². The Bertz CT molecular complexity index is 330. The van der Waals surface area contributed by atoms with E-state index in [1.807, 2.05) is 27.7 Å². The third-order valence-corrected chi connectivity index (χ3v) is 4.27. The van der Waals surface area contributed by atoms with E-state index in [0.29, 0.717) is 0 Å². The molecule has 0 amide bonds. The van der Waals surface area contributed by atoms with Gasteiger partial charge in [-0.2, -0.15) is 0 Å². The van der Waals surface area contributed by atoms with Crippen molar-refractivity contribution in [3.63, 3.8) is 0 Å².